The number of hydrogen-bond donors (Lipinski definition) is 2. The monoisotopic (exact) mass is 490 g/mol. The van der Waals surface area contributed by atoms with Crippen molar-refractivity contribution in [1.29, 1.82) is 0 Å². The number of furan rings is 1. The van der Waals surface area contributed by atoms with Crippen molar-refractivity contribution < 1.29 is 14.3 Å². The second-order valence-corrected chi connectivity index (χ2v) is 8.61. The van der Waals surface area contributed by atoms with Gasteiger partial charge in [-0.1, -0.05) is 23.7 Å². The van der Waals surface area contributed by atoms with Gasteiger partial charge in [0.25, 0.3) is 0 Å². The minimum absolute atomic E-state index is 0.130. The molecule has 1 aliphatic rings. The van der Waals surface area contributed by atoms with Crippen LogP contribution in [0.4, 0.5) is 0 Å². The molecule has 0 unspecified atom stereocenters. The van der Waals surface area contributed by atoms with E-state index in [2.05, 4.69) is 15.3 Å². The third kappa shape index (κ3) is 4.25. The summed E-state index contributed by atoms with van der Waals surface area (Å²) in [5.74, 6) is 0.0913. The van der Waals surface area contributed by atoms with Gasteiger partial charge in [-0.05, 0) is 66.3 Å². The Hall–Kier alpha value is -3.75. The standard InChI is InChI=1S/C25H19ClN4O3S/c26-18-7-6-16(24(31)32)12-17(18)20-8-9-21(33-20)23-22(19-5-1-2-11-28-19)29-25(34)30(23)14-15-4-3-10-27-13-15/h1-13,22-23H,14H2,(H,29,34)(H,31,32)/t22-,23-/m1/s1. The third-order valence-corrected chi connectivity index (χ3v) is 6.35. The SMILES string of the molecule is O=C(O)c1ccc(Cl)c(-c2ccc([C@@H]3[C@@H](c4ccccn4)NC(=S)N3Cc3cccnc3)o2)c1. The molecule has 0 amide bonds. The van der Waals surface area contributed by atoms with Gasteiger partial charge in [0.1, 0.15) is 17.6 Å². The molecule has 9 heteroatoms. The number of hydrogen-bond acceptors (Lipinski definition) is 5. The second kappa shape index (κ2) is 9.24. The molecule has 1 aliphatic heterocycles. The Labute approximate surface area is 206 Å². The van der Waals surface area contributed by atoms with Crippen LogP contribution in [0.3, 0.4) is 0 Å². The van der Waals surface area contributed by atoms with Gasteiger partial charge in [0, 0.05) is 30.7 Å². The van der Waals surface area contributed by atoms with E-state index in [1.54, 1.807) is 30.7 Å². The van der Waals surface area contributed by atoms with Crippen LogP contribution >= 0.6 is 23.8 Å². The van der Waals surface area contributed by atoms with Crippen LogP contribution in [0.15, 0.2) is 83.7 Å². The van der Waals surface area contributed by atoms with Gasteiger partial charge in [-0.3, -0.25) is 9.97 Å². The molecule has 0 aliphatic carbocycles. The summed E-state index contributed by atoms with van der Waals surface area (Å²) in [6.07, 6.45) is 5.27. The van der Waals surface area contributed by atoms with Crippen molar-refractivity contribution in [3.8, 4) is 11.3 Å². The summed E-state index contributed by atoms with van der Waals surface area (Å²) in [5.41, 5.74) is 2.47. The molecule has 1 aromatic carbocycles. The van der Waals surface area contributed by atoms with E-state index >= 15 is 0 Å². The van der Waals surface area contributed by atoms with Crippen molar-refractivity contribution in [2.75, 3.05) is 0 Å². The lowest BCUT2D eigenvalue weighted by Gasteiger charge is -2.26. The highest BCUT2D eigenvalue weighted by Gasteiger charge is 2.41. The number of halogens is 1. The van der Waals surface area contributed by atoms with Crippen LogP contribution < -0.4 is 5.32 Å². The first-order valence-electron chi connectivity index (χ1n) is 10.5. The van der Waals surface area contributed by atoms with Crippen molar-refractivity contribution in [1.82, 2.24) is 20.2 Å². The Morgan fingerprint density at radius 3 is 2.76 bits per heavy atom. The summed E-state index contributed by atoms with van der Waals surface area (Å²) in [6, 6.07) is 17.3. The Balaban J connectivity index is 1.56. The molecule has 0 bridgehead atoms. The van der Waals surface area contributed by atoms with Gasteiger partial charge in [0.15, 0.2) is 5.11 Å². The van der Waals surface area contributed by atoms with Gasteiger partial charge in [-0.2, -0.15) is 0 Å². The summed E-state index contributed by atoms with van der Waals surface area (Å²) in [7, 11) is 0. The van der Waals surface area contributed by atoms with Crippen molar-refractivity contribution in [2.24, 2.45) is 0 Å². The number of carboxylic acids is 1. The normalized spacial score (nSPS) is 17.6. The molecule has 2 atom stereocenters. The highest BCUT2D eigenvalue weighted by Crippen LogP contribution is 2.42. The fourth-order valence-corrected chi connectivity index (χ4v) is 4.59. The zero-order valence-electron chi connectivity index (χ0n) is 17.8. The number of aromatic carboxylic acids is 1. The van der Waals surface area contributed by atoms with E-state index in [1.165, 1.54) is 12.1 Å². The third-order valence-electron chi connectivity index (χ3n) is 5.67. The predicted molar refractivity (Wildman–Crippen MR) is 131 cm³/mol. The molecular weight excluding hydrogens is 472 g/mol. The van der Waals surface area contributed by atoms with Crippen LogP contribution in [-0.4, -0.2) is 31.1 Å². The molecule has 7 nitrogen and oxygen atoms in total. The molecule has 3 aromatic heterocycles. The van der Waals surface area contributed by atoms with E-state index in [9.17, 15) is 9.90 Å². The fourth-order valence-electron chi connectivity index (χ4n) is 4.08. The number of carboxylic acid groups (broad SMARTS) is 1. The Bertz CT molecular complexity index is 1350. The average Bonchev–Trinajstić information content (AvgIpc) is 3.45. The Morgan fingerprint density at radius 1 is 1.15 bits per heavy atom. The first-order chi connectivity index (χ1) is 16.5. The van der Waals surface area contributed by atoms with Crippen LogP contribution in [0.2, 0.25) is 5.02 Å². The lowest BCUT2D eigenvalue weighted by atomic mass is 10.0. The molecule has 170 valence electrons. The number of nitrogens with zero attached hydrogens (tertiary/aromatic N) is 3. The maximum atomic E-state index is 11.4. The topological polar surface area (TPSA) is 91.5 Å². The largest absolute Gasteiger partial charge is 0.478 e. The molecule has 2 N–H and O–H groups in total. The fraction of sp³-hybridized carbons (Fsp3) is 0.120. The van der Waals surface area contributed by atoms with Gasteiger partial charge in [0.05, 0.1) is 22.3 Å². The molecule has 0 spiro atoms. The average molecular weight is 491 g/mol. The number of thiocarbonyl (C=S) groups is 1. The zero-order valence-corrected chi connectivity index (χ0v) is 19.3. The van der Waals surface area contributed by atoms with Crippen molar-refractivity contribution in [3.63, 3.8) is 0 Å². The number of pyridine rings is 2. The molecule has 0 saturated carbocycles. The molecule has 1 saturated heterocycles. The summed E-state index contributed by atoms with van der Waals surface area (Å²) in [6.45, 7) is 0.527. The lowest BCUT2D eigenvalue weighted by molar-refractivity contribution is 0.0697. The van der Waals surface area contributed by atoms with Gasteiger partial charge in [-0.25, -0.2) is 4.79 Å². The van der Waals surface area contributed by atoms with Gasteiger partial charge in [-0.15, -0.1) is 0 Å². The molecule has 0 radical (unpaired) electrons. The van der Waals surface area contributed by atoms with E-state index in [1.807, 2.05) is 41.3 Å². The van der Waals surface area contributed by atoms with E-state index in [-0.39, 0.29) is 17.6 Å². The summed E-state index contributed by atoms with van der Waals surface area (Å²) in [4.78, 5) is 22.2. The highest BCUT2D eigenvalue weighted by molar-refractivity contribution is 7.80. The molecule has 4 heterocycles. The second-order valence-electron chi connectivity index (χ2n) is 7.82. The lowest BCUT2D eigenvalue weighted by Crippen LogP contribution is -2.29. The Morgan fingerprint density at radius 2 is 2.03 bits per heavy atom. The van der Waals surface area contributed by atoms with Crippen molar-refractivity contribution in [2.45, 2.75) is 18.6 Å². The van der Waals surface area contributed by atoms with Crippen LogP contribution in [0.25, 0.3) is 11.3 Å². The number of nitrogens with one attached hydrogen (secondary N) is 1. The first kappa shape index (κ1) is 22.1. The minimum Gasteiger partial charge on any atom is -0.478 e. The van der Waals surface area contributed by atoms with Crippen molar-refractivity contribution in [3.05, 3.63) is 107 Å². The van der Waals surface area contributed by atoms with E-state index in [0.717, 1.165) is 11.3 Å². The van der Waals surface area contributed by atoms with Gasteiger partial charge >= 0.3 is 5.97 Å². The summed E-state index contributed by atoms with van der Waals surface area (Å²) >= 11 is 12.1. The maximum Gasteiger partial charge on any atom is 0.335 e. The predicted octanol–water partition coefficient (Wildman–Crippen LogP) is 5.26. The summed E-state index contributed by atoms with van der Waals surface area (Å²) < 4.78 is 6.28. The molecule has 5 rings (SSSR count). The Kier molecular flexibility index (Phi) is 6.00. The quantitative estimate of drug-likeness (QED) is 0.353. The van der Waals surface area contributed by atoms with Gasteiger partial charge in [0.2, 0.25) is 0 Å². The van der Waals surface area contributed by atoms with E-state index < -0.39 is 5.97 Å². The van der Waals surface area contributed by atoms with Crippen LogP contribution in [0.1, 0.15) is 39.5 Å². The number of rotatable bonds is 6. The van der Waals surface area contributed by atoms with E-state index in [0.29, 0.717) is 33.8 Å². The molecular formula is C25H19ClN4O3S. The first-order valence-corrected chi connectivity index (χ1v) is 11.3. The van der Waals surface area contributed by atoms with Crippen LogP contribution in [0.5, 0.6) is 0 Å². The summed E-state index contributed by atoms with van der Waals surface area (Å²) in [5, 5.41) is 13.7. The number of benzene rings is 1. The molecule has 34 heavy (non-hydrogen) atoms. The smallest absolute Gasteiger partial charge is 0.335 e. The zero-order chi connectivity index (χ0) is 23.7. The van der Waals surface area contributed by atoms with Crippen LogP contribution in [0, 0.1) is 0 Å². The van der Waals surface area contributed by atoms with E-state index in [4.69, 9.17) is 28.2 Å². The van der Waals surface area contributed by atoms with Gasteiger partial charge < -0.3 is 19.7 Å². The minimum atomic E-state index is -1.03. The number of aromatic nitrogens is 2. The highest BCUT2D eigenvalue weighted by atomic mass is 35.5. The van der Waals surface area contributed by atoms with Crippen molar-refractivity contribution >= 4 is 34.9 Å². The molecule has 1 fully saturated rings. The maximum absolute atomic E-state index is 11.4. The molecule has 4 aromatic rings. The number of carbonyl (C=O) groups is 1. The van der Waals surface area contributed by atoms with Crippen LogP contribution in [-0.2, 0) is 6.54 Å².